The summed E-state index contributed by atoms with van der Waals surface area (Å²) in [5.41, 5.74) is 1.50. The van der Waals surface area contributed by atoms with Crippen LogP contribution in [0.4, 0.5) is 0 Å². The lowest BCUT2D eigenvalue weighted by atomic mass is 9.93. The Morgan fingerprint density at radius 1 is 1.14 bits per heavy atom. The average molecular weight is 196 g/mol. The number of allylic oxidation sites excluding steroid dienone is 4. The second-order valence-corrected chi connectivity index (χ2v) is 3.43. The van der Waals surface area contributed by atoms with Crippen LogP contribution in [0, 0.1) is 11.8 Å². The molecule has 14 heavy (non-hydrogen) atoms. The zero-order valence-electron chi connectivity index (χ0n) is 11.1. The maximum absolute atomic E-state index is 2.36. The molecule has 0 heteroatoms. The van der Waals surface area contributed by atoms with E-state index in [2.05, 4.69) is 39.0 Å². The Balaban J connectivity index is 0. The number of rotatable bonds is 1. The SMILES string of the molecule is CC.CC.CC1C=CC(C(C)C)=CC1. The van der Waals surface area contributed by atoms with Crippen molar-refractivity contribution >= 4 is 0 Å². The maximum atomic E-state index is 2.36. The molecule has 0 aliphatic heterocycles. The summed E-state index contributed by atoms with van der Waals surface area (Å²) in [7, 11) is 0. The first kappa shape index (κ1) is 15.9. The molecule has 0 radical (unpaired) electrons. The van der Waals surface area contributed by atoms with Crippen molar-refractivity contribution in [1.82, 2.24) is 0 Å². The van der Waals surface area contributed by atoms with E-state index in [1.54, 1.807) is 0 Å². The summed E-state index contributed by atoms with van der Waals surface area (Å²) < 4.78 is 0. The minimum absolute atomic E-state index is 0.698. The molecular weight excluding hydrogens is 168 g/mol. The highest BCUT2D eigenvalue weighted by Crippen LogP contribution is 2.20. The highest BCUT2D eigenvalue weighted by atomic mass is 14.1. The fourth-order valence-corrected chi connectivity index (χ4v) is 1.17. The zero-order chi connectivity index (χ0) is 11.6. The van der Waals surface area contributed by atoms with Gasteiger partial charge in [-0.1, -0.05) is 66.7 Å². The van der Waals surface area contributed by atoms with E-state index >= 15 is 0 Å². The quantitative estimate of drug-likeness (QED) is 0.539. The molecule has 0 amide bonds. The van der Waals surface area contributed by atoms with E-state index in [9.17, 15) is 0 Å². The fourth-order valence-electron chi connectivity index (χ4n) is 1.17. The van der Waals surface area contributed by atoms with Gasteiger partial charge in [-0.3, -0.25) is 0 Å². The van der Waals surface area contributed by atoms with Crippen molar-refractivity contribution in [3.05, 3.63) is 23.8 Å². The molecule has 84 valence electrons. The van der Waals surface area contributed by atoms with E-state index in [-0.39, 0.29) is 0 Å². The standard InChI is InChI=1S/C10H16.2C2H6/c1-8(2)10-6-4-9(3)5-7-10;2*1-2/h4,6-9H,5H2,1-3H3;2*1-2H3. The van der Waals surface area contributed by atoms with Crippen LogP contribution in [0.2, 0.25) is 0 Å². The number of hydrogen-bond acceptors (Lipinski definition) is 0. The topological polar surface area (TPSA) is 0 Å². The highest BCUT2D eigenvalue weighted by molar-refractivity contribution is 5.24. The van der Waals surface area contributed by atoms with Gasteiger partial charge in [-0.25, -0.2) is 0 Å². The molecule has 0 bridgehead atoms. The maximum Gasteiger partial charge on any atom is -0.0222 e. The van der Waals surface area contributed by atoms with Crippen LogP contribution in [0.1, 0.15) is 54.9 Å². The molecule has 0 aromatic rings. The van der Waals surface area contributed by atoms with E-state index in [0.29, 0.717) is 5.92 Å². The van der Waals surface area contributed by atoms with E-state index in [1.165, 1.54) is 12.0 Å². The molecule has 1 unspecified atom stereocenters. The summed E-state index contributed by atoms with van der Waals surface area (Å²) in [6.07, 6.45) is 8.15. The molecule has 0 N–H and O–H groups in total. The molecule has 0 aromatic carbocycles. The molecule has 1 aliphatic carbocycles. The van der Waals surface area contributed by atoms with Gasteiger partial charge in [-0.15, -0.1) is 0 Å². The summed E-state index contributed by atoms with van der Waals surface area (Å²) >= 11 is 0. The fraction of sp³-hybridized carbons (Fsp3) is 0.714. The third-order valence-corrected chi connectivity index (χ3v) is 2.01. The monoisotopic (exact) mass is 196 g/mol. The van der Waals surface area contributed by atoms with Gasteiger partial charge in [-0.2, -0.15) is 0 Å². The van der Waals surface area contributed by atoms with Gasteiger partial charge in [0.1, 0.15) is 0 Å². The van der Waals surface area contributed by atoms with Crippen LogP contribution in [0.3, 0.4) is 0 Å². The van der Waals surface area contributed by atoms with Gasteiger partial charge in [0.25, 0.3) is 0 Å². The van der Waals surface area contributed by atoms with Crippen LogP contribution in [-0.4, -0.2) is 0 Å². The average Bonchev–Trinajstić information content (AvgIpc) is 2.24. The molecule has 0 aromatic heterocycles. The molecular formula is C14H28. The predicted molar refractivity (Wildman–Crippen MR) is 68.5 cm³/mol. The van der Waals surface area contributed by atoms with E-state index in [0.717, 1.165) is 5.92 Å². The lowest BCUT2D eigenvalue weighted by Crippen LogP contribution is -1.98. The van der Waals surface area contributed by atoms with Crippen molar-refractivity contribution < 1.29 is 0 Å². The molecule has 0 fully saturated rings. The molecule has 0 saturated heterocycles. The van der Waals surface area contributed by atoms with Crippen molar-refractivity contribution in [3.8, 4) is 0 Å². The summed E-state index contributed by atoms with van der Waals surface area (Å²) in [5.74, 6) is 1.45. The van der Waals surface area contributed by atoms with Crippen LogP contribution in [0.25, 0.3) is 0 Å². The largest absolute Gasteiger partial charge is 0.0811 e. The molecule has 1 atom stereocenters. The Morgan fingerprint density at radius 3 is 1.93 bits per heavy atom. The summed E-state index contributed by atoms with van der Waals surface area (Å²) in [6.45, 7) is 14.7. The van der Waals surface area contributed by atoms with Gasteiger partial charge < -0.3 is 0 Å². The van der Waals surface area contributed by atoms with Gasteiger partial charge in [-0.05, 0) is 23.8 Å². The van der Waals surface area contributed by atoms with E-state index in [1.807, 2.05) is 27.7 Å². The van der Waals surface area contributed by atoms with Gasteiger partial charge in [0.15, 0.2) is 0 Å². The summed E-state index contributed by atoms with van der Waals surface area (Å²) in [6, 6.07) is 0. The summed E-state index contributed by atoms with van der Waals surface area (Å²) in [5, 5.41) is 0. The van der Waals surface area contributed by atoms with Gasteiger partial charge in [0.2, 0.25) is 0 Å². The smallest absolute Gasteiger partial charge is 0.0222 e. The molecule has 1 aliphatic rings. The Kier molecular flexibility index (Phi) is 12.0. The first-order chi connectivity index (χ1) is 6.70. The molecule has 0 spiro atoms. The normalized spacial score (nSPS) is 18.9. The Bertz CT molecular complexity index is 161. The van der Waals surface area contributed by atoms with Crippen molar-refractivity contribution in [2.45, 2.75) is 54.9 Å². The second-order valence-electron chi connectivity index (χ2n) is 3.43. The van der Waals surface area contributed by atoms with Crippen LogP contribution >= 0.6 is 0 Å². The first-order valence-corrected chi connectivity index (χ1v) is 6.08. The van der Waals surface area contributed by atoms with E-state index < -0.39 is 0 Å². The Labute approximate surface area is 91.1 Å². The molecule has 1 rings (SSSR count). The van der Waals surface area contributed by atoms with Crippen molar-refractivity contribution in [1.29, 1.82) is 0 Å². The third-order valence-electron chi connectivity index (χ3n) is 2.01. The molecule has 0 nitrogen and oxygen atoms in total. The first-order valence-electron chi connectivity index (χ1n) is 6.08. The molecule has 0 heterocycles. The van der Waals surface area contributed by atoms with Crippen LogP contribution in [0.5, 0.6) is 0 Å². The van der Waals surface area contributed by atoms with E-state index in [4.69, 9.17) is 0 Å². The van der Waals surface area contributed by atoms with Gasteiger partial charge in [0.05, 0.1) is 0 Å². The Morgan fingerprint density at radius 2 is 1.64 bits per heavy atom. The predicted octanol–water partition coefficient (Wildman–Crippen LogP) is 5.22. The Hall–Kier alpha value is -0.520. The third kappa shape index (κ3) is 6.94. The molecule has 0 saturated carbocycles. The number of hydrogen-bond donors (Lipinski definition) is 0. The van der Waals surface area contributed by atoms with Gasteiger partial charge in [0, 0.05) is 0 Å². The zero-order valence-corrected chi connectivity index (χ0v) is 11.1. The minimum Gasteiger partial charge on any atom is -0.0811 e. The minimum atomic E-state index is 0.698. The van der Waals surface area contributed by atoms with Crippen molar-refractivity contribution in [3.63, 3.8) is 0 Å². The van der Waals surface area contributed by atoms with Gasteiger partial charge >= 0.3 is 0 Å². The lowest BCUT2D eigenvalue weighted by Gasteiger charge is -2.13. The van der Waals surface area contributed by atoms with Crippen LogP contribution < -0.4 is 0 Å². The summed E-state index contributed by atoms with van der Waals surface area (Å²) in [4.78, 5) is 0. The lowest BCUT2D eigenvalue weighted by molar-refractivity contribution is 0.698. The van der Waals surface area contributed by atoms with Crippen LogP contribution in [0.15, 0.2) is 23.8 Å². The van der Waals surface area contributed by atoms with Crippen molar-refractivity contribution in [2.75, 3.05) is 0 Å². The second kappa shape index (κ2) is 10.6. The van der Waals surface area contributed by atoms with Crippen LogP contribution in [-0.2, 0) is 0 Å². The highest BCUT2D eigenvalue weighted by Gasteiger charge is 2.05. The van der Waals surface area contributed by atoms with Crippen molar-refractivity contribution in [2.24, 2.45) is 11.8 Å².